The number of fused-ring (bicyclic) bond motifs is 1. The summed E-state index contributed by atoms with van der Waals surface area (Å²) < 4.78 is 0. The fourth-order valence-corrected chi connectivity index (χ4v) is 1.84. The van der Waals surface area contributed by atoms with Crippen molar-refractivity contribution in [3.63, 3.8) is 0 Å². The predicted octanol–water partition coefficient (Wildman–Crippen LogP) is 4.33. The zero-order valence-electron chi connectivity index (χ0n) is 8.99. The second-order valence-corrected chi connectivity index (χ2v) is 3.92. The molecule has 2 aromatic rings. The smallest absolute Gasteiger partial charge is 0.186 e. The van der Waals surface area contributed by atoms with Crippen molar-refractivity contribution in [1.82, 2.24) is 0 Å². The maximum Gasteiger partial charge on any atom is 0.186 e. The van der Waals surface area contributed by atoms with E-state index < -0.39 is 0 Å². The van der Waals surface area contributed by atoms with Gasteiger partial charge in [-0.15, -0.1) is 0 Å². The Morgan fingerprint density at radius 3 is 2.80 bits per heavy atom. The van der Waals surface area contributed by atoms with Crippen molar-refractivity contribution in [3.8, 4) is 5.75 Å². The van der Waals surface area contributed by atoms with Crippen molar-refractivity contribution in [2.24, 2.45) is 0 Å². The molecule has 0 saturated heterocycles. The van der Waals surface area contributed by atoms with E-state index in [4.69, 9.17) is 0 Å². The van der Waals surface area contributed by atoms with Crippen molar-refractivity contribution in [1.29, 1.82) is 0 Å². The van der Waals surface area contributed by atoms with Gasteiger partial charge in [0.1, 0.15) is 0 Å². The molecular formula is C14H15O. The molecule has 1 radical (unpaired) electrons. The summed E-state index contributed by atoms with van der Waals surface area (Å²) in [5, 5.41) is 13.4. The average molecular weight is 199 g/mol. The van der Waals surface area contributed by atoms with Crippen LogP contribution in [0.3, 0.4) is 0 Å². The summed E-state index contributed by atoms with van der Waals surface area (Å²) in [6, 6.07) is 11.6. The lowest BCUT2D eigenvalue weighted by molar-refractivity contribution is 0.360. The van der Waals surface area contributed by atoms with Crippen molar-refractivity contribution in [2.75, 3.05) is 0 Å². The van der Waals surface area contributed by atoms with Gasteiger partial charge in [0, 0.05) is 5.39 Å². The van der Waals surface area contributed by atoms with Crippen LogP contribution in [0.2, 0.25) is 0 Å². The van der Waals surface area contributed by atoms with Gasteiger partial charge in [0.25, 0.3) is 0 Å². The summed E-state index contributed by atoms with van der Waals surface area (Å²) in [5.74, 6) is 0.120. The molecule has 77 valence electrons. The molecule has 0 unspecified atom stereocenters. The Bertz CT molecular complexity index is 460. The normalized spacial score (nSPS) is 10.7. The summed E-state index contributed by atoms with van der Waals surface area (Å²) in [5.41, 5.74) is 1.33. The Morgan fingerprint density at radius 1 is 1.13 bits per heavy atom. The summed E-state index contributed by atoms with van der Waals surface area (Å²) in [6.45, 7) is 2.19. The molecule has 2 aromatic carbocycles. The SMILES string of the molecule is CCCCc1ccc2c([O])cccc2c1. The molecule has 0 amide bonds. The molecule has 0 atom stereocenters. The van der Waals surface area contributed by atoms with Gasteiger partial charge < -0.3 is 0 Å². The molecule has 0 bridgehead atoms. The van der Waals surface area contributed by atoms with Crippen molar-refractivity contribution >= 4 is 10.8 Å². The van der Waals surface area contributed by atoms with Gasteiger partial charge in [0.2, 0.25) is 0 Å². The third kappa shape index (κ3) is 2.12. The summed E-state index contributed by atoms with van der Waals surface area (Å²) in [6.07, 6.45) is 3.53. The van der Waals surface area contributed by atoms with Gasteiger partial charge in [0.15, 0.2) is 5.75 Å². The first-order chi connectivity index (χ1) is 7.31. The highest BCUT2D eigenvalue weighted by molar-refractivity contribution is 5.88. The first-order valence-electron chi connectivity index (χ1n) is 5.50. The molecule has 0 fully saturated rings. The van der Waals surface area contributed by atoms with E-state index in [0.717, 1.165) is 17.2 Å². The molecule has 0 N–H and O–H groups in total. The van der Waals surface area contributed by atoms with Gasteiger partial charge in [-0.3, -0.25) is 5.11 Å². The quantitative estimate of drug-likeness (QED) is 0.701. The van der Waals surface area contributed by atoms with Crippen LogP contribution in [0.15, 0.2) is 36.4 Å². The first kappa shape index (κ1) is 10.0. The lowest BCUT2D eigenvalue weighted by Crippen LogP contribution is -1.84. The molecule has 0 aliphatic heterocycles. The minimum atomic E-state index is 0.120. The van der Waals surface area contributed by atoms with Crippen LogP contribution in [0.25, 0.3) is 10.8 Å². The number of hydrogen-bond acceptors (Lipinski definition) is 0. The van der Waals surface area contributed by atoms with E-state index in [2.05, 4.69) is 19.1 Å². The average Bonchev–Trinajstić information content (AvgIpc) is 2.26. The Labute approximate surface area is 90.4 Å². The van der Waals surface area contributed by atoms with E-state index >= 15 is 0 Å². The highest BCUT2D eigenvalue weighted by atomic mass is 16.3. The van der Waals surface area contributed by atoms with Gasteiger partial charge in [-0.05, 0) is 29.9 Å². The van der Waals surface area contributed by atoms with Gasteiger partial charge in [-0.25, -0.2) is 0 Å². The maximum absolute atomic E-state index is 11.5. The number of aryl methyl sites for hydroxylation is 1. The number of rotatable bonds is 3. The van der Waals surface area contributed by atoms with E-state index in [1.165, 1.54) is 18.4 Å². The largest absolute Gasteiger partial charge is 0.289 e. The van der Waals surface area contributed by atoms with Gasteiger partial charge in [-0.1, -0.05) is 43.7 Å². The zero-order chi connectivity index (χ0) is 10.7. The Hall–Kier alpha value is -1.50. The Balaban J connectivity index is 2.39. The Kier molecular flexibility index (Phi) is 2.91. The lowest BCUT2D eigenvalue weighted by Gasteiger charge is -2.03. The third-order valence-electron chi connectivity index (χ3n) is 2.72. The molecule has 0 aliphatic rings. The van der Waals surface area contributed by atoms with E-state index in [1.54, 1.807) is 6.07 Å². The van der Waals surface area contributed by atoms with E-state index in [-0.39, 0.29) is 5.75 Å². The van der Waals surface area contributed by atoms with Gasteiger partial charge in [-0.2, -0.15) is 0 Å². The van der Waals surface area contributed by atoms with Crippen LogP contribution >= 0.6 is 0 Å². The van der Waals surface area contributed by atoms with Crippen LogP contribution in [-0.2, 0) is 11.5 Å². The van der Waals surface area contributed by atoms with Crippen molar-refractivity contribution < 1.29 is 5.11 Å². The molecule has 0 saturated carbocycles. The standard InChI is InChI=1S/C14H15O/c1-2-3-5-11-8-9-13-12(10-11)6-4-7-14(13)15/h4,6-10H,2-3,5H2,1H3. The fourth-order valence-electron chi connectivity index (χ4n) is 1.84. The lowest BCUT2D eigenvalue weighted by atomic mass is 10.0. The maximum atomic E-state index is 11.5. The molecular weight excluding hydrogens is 184 g/mol. The summed E-state index contributed by atoms with van der Waals surface area (Å²) in [4.78, 5) is 0. The van der Waals surface area contributed by atoms with E-state index in [1.807, 2.05) is 18.2 Å². The van der Waals surface area contributed by atoms with Crippen LogP contribution < -0.4 is 0 Å². The fraction of sp³-hybridized carbons (Fsp3) is 0.286. The minimum Gasteiger partial charge on any atom is -0.289 e. The zero-order valence-corrected chi connectivity index (χ0v) is 8.99. The molecule has 0 aliphatic carbocycles. The molecule has 2 rings (SSSR count). The second-order valence-electron chi connectivity index (χ2n) is 3.92. The van der Waals surface area contributed by atoms with Crippen LogP contribution in [-0.4, -0.2) is 0 Å². The minimum absolute atomic E-state index is 0.120. The number of hydrogen-bond donors (Lipinski definition) is 0. The van der Waals surface area contributed by atoms with Crippen LogP contribution in [0.5, 0.6) is 5.75 Å². The number of unbranched alkanes of at least 4 members (excludes halogenated alkanes) is 1. The van der Waals surface area contributed by atoms with Crippen LogP contribution in [0.1, 0.15) is 25.3 Å². The first-order valence-corrected chi connectivity index (χ1v) is 5.50. The van der Waals surface area contributed by atoms with Crippen LogP contribution in [0, 0.1) is 0 Å². The third-order valence-corrected chi connectivity index (χ3v) is 2.72. The van der Waals surface area contributed by atoms with Gasteiger partial charge in [0.05, 0.1) is 0 Å². The molecule has 15 heavy (non-hydrogen) atoms. The topological polar surface area (TPSA) is 19.9 Å². The predicted molar refractivity (Wildman–Crippen MR) is 62.7 cm³/mol. The van der Waals surface area contributed by atoms with Gasteiger partial charge >= 0.3 is 0 Å². The molecule has 1 nitrogen and oxygen atoms in total. The molecule has 0 aromatic heterocycles. The van der Waals surface area contributed by atoms with E-state index in [0.29, 0.717) is 0 Å². The summed E-state index contributed by atoms with van der Waals surface area (Å²) in [7, 11) is 0. The molecule has 1 heteroatoms. The number of benzene rings is 2. The highest BCUT2D eigenvalue weighted by Gasteiger charge is 2.01. The molecule has 0 spiro atoms. The van der Waals surface area contributed by atoms with E-state index in [9.17, 15) is 5.11 Å². The highest BCUT2D eigenvalue weighted by Crippen LogP contribution is 2.25. The van der Waals surface area contributed by atoms with Crippen LogP contribution in [0.4, 0.5) is 0 Å². The summed E-state index contributed by atoms with van der Waals surface area (Å²) >= 11 is 0. The second kappa shape index (κ2) is 4.35. The van der Waals surface area contributed by atoms with Crippen molar-refractivity contribution in [3.05, 3.63) is 42.0 Å². The van der Waals surface area contributed by atoms with Crippen molar-refractivity contribution in [2.45, 2.75) is 26.2 Å². The Morgan fingerprint density at radius 2 is 2.00 bits per heavy atom. The monoisotopic (exact) mass is 199 g/mol. The molecule has 0 heterocycles.